The minimum absolute atomic E-state index is 0.0210. The van der Waals surface area contributed by atoms with Gasteiger partial charge in [-0.25, -0.2) is 4.98 Å². The van der Waals surface area contributed by atoms with Crippen molar-refractivity contribution in [1.29, 1.82) is 0 Å². The van der Waals surface area contributed by atoms with Gasteiger partial charge in [-0.1, -0.05) is 6.92 Å². The average Bonchev–Trinajstić information content (AvgIpc) is 3.10. The number of halogens is 1. The van der Waals surface area contributed by atoms with Gasteiger partial charge in [-0.3, -0.25) is 8.10 Å². The second-order valence-corrected chi connectivity index (χ2v) is 5.79. The molecular formula is C13H18IN5O3. The Labute approximate surface area is 141 Å². The Bertz CT molecular complexity index is 664. The van der Waals surface area contributed by atoms with Crippen molar-refractivity contribution < 1.29 is 14.6 Å². The number of nitrogens with one attached hydrogen (secondary N) is 1. The molecule has 0 aromatic carbocycles. The zero-order valence-corrected chi connectivity index (χ0v) is 14.5. The van der Waals surface area contributed by atoms with Gasteiger partial charge in [-0.2, -0.15) is 9.97 Å². The van der Waals surface area contributed by atoms with Crippen LogP contribution in [0, 0.1) is 5.92 Å². The van der Waals surface area contributed by atoms with E-state index in [1.165, 1.54) is 0 Å². The van der Waals surface area contributed by atoms with Crippen LogP contribution in [0.1, 0.15) is 26.5 Å². The number of hydrogen-bond acceptors (Lipinski definition) is 7. The second-order valence-electron chi connectivity index (χ2n) is 5.25. The number of aromatic nitrogens is 4. The first-order valence-corrected chi connectivity index (χ1v) is 8.26. The van der Waals surface area contributed by atoms with Crippen molar-refractivity contribution in [2.75, 3.05) is 16.7 Å². The summed E-state index contributed by atoms with van der Waals surface area (Å²) in [5.74, 6) is 1.17. The SMILES string of the molecule is CCOc1nc(NI)nc2c1ncn2C1OC(CO)CC1C. The van der Waals surface area contributed by atoms with Crippen LogP contribution in [-0.2, 0) is 4.74 Å². The highest BCUT2D eigenvalue weighted by Crippen LogP contribution is 2.36. The molecule has 1 aliphatic heterocycles. The number of fused-ring (bicyclic) bond motifs is 1. The highest BCUT2D eigenvalue weighted by Gasteiger charge is 2.34. The summed E-state index contributed by atoms with van der Waals surface area (Å²) in [6, 6.07) is 0. The van der Waals surface area contributed by atoms with Crippen LogP contribution in [0.15, 0.2) is 6.33 Å². The molecule has 2 aromatic heterocycles. The molecule has 120 valence electrons. The summed E-state index contributed by atoms with van der Waals surface area (Å²) in [5.41, 5.74) is 1.27. The van der Waals surface area contributed by atoms with Crippen molar-refractivity contribution >= 4 is 40.0 Å². The standard InChI is InChI=1S/C13H18IN5O3/c1-3-21-11-9-10(16-13(17-11)18-14)19(6-15-9)12-7(2)4-8(5-20)22-12/h6-8,12,20H,3-5H2,1-2H3,(H,16,17,18). The van der Waals surface area contributed by atoms with E-state index in [-0.39, 0.29) is 24.9 Å². The highest BCUT2D eigenvalue weighted by molar-refractivity contribution is 14.1. The van der Waals surface area contributed by atoms with Gasteiger partial charge in [-0.05, 0) is 13.3 Å². The highest BCUT2D eigenvalue weighted by atomic mass is 127. The Morgan fingerprint density at radius 3 is 3.00 bits per heavy atom. The Kier molecular flexibility index (Phi) is 4.64. The minimum atomic E-state index is -0.200. The number of hydrogen-bond donors (Lipinski definition) is 2. The first-order valence-electron chi connectivity index (χ1n) is 7.18. The van der Waals surface area contributed by atoms with Crippen LogP contribution in [-0.4, -0.2) is 43.9 Å². The predicted molar refractivity (Wildman–Crippen MR) is 88.9 cm³/mol. The van der Waals surface area contributed by atoms with Crippen molar-refractivity contribution in [3.8, 4) is 5.88 Å². The Balaban J connectivity index is 2.05. The molecule has 9 heteroatoms. The van der Waals surface area contributed by atoms with E-state index in [1.807, 2.05) is 34.4 Å². The molecule has 3 unspecified atom stereocenters. The number of rotatable bonds is 5. The molecule has 0 spiro atoms. The Morgan fingerprint density at radius 2 is 2.36 bits per heavy atom. The number of anilines is 1. The van der Waals surface area contributed by atoms with Gasteiger partial charge in [0.25, 0.3) is 0 Å². The molecule has 0 saturated carbocycles. The number of ether oxygens (including phenoxy) is 2. The van der Waals surface area contributed by atoms with E-state index in [2.05, 4.69) is 25.4 Å². The number of aliphatic hydroxyl groups excluding tert-OH is 1. The Morgan fingerprint density at radius 1 is 1.55 bits per heavy atom. The first-order chi connectivity index (χ1) is 10.7. The fourth-order valence-electron chi connectivity index (χ4n) is 2.73. The van der Waals surface area contributed by atoms with Gasteiger partial charge in [0, 0.05) is 5.92 Å². The molecule has 22 heavy (non-hydrogen) atoms. The summed E-state index contributed by atoms with van der Waals surface area (Å²) in [6.07, 6.45) is 2.16. The van der Waals surface area contributed by atoms with Crippen molar-refractivity contribution in [1.82, 2.24) is 19.5 Å². The summed E-state index contributed by atoms with van der Waals surface area (Å²) in [7, 11) is 0. The van der Waals surface area contributed by atoms with E-state index in [4.69, 9.17) is 9.47 Å². The maximum absolute atomic E-state index is 9.30. The maximum atomic E-state index is 9.30. The molecule has 1 aliphatic rings. The molecule has 0 amide bonds. The third-order valence-corrected chi connectivity index (χ3v) is 4.17. The lowest BCUT2D eigenvalue weighted by molar-refractivity contribution is -0.0294. The molecule has 8 nitrogen and oxygen atoms in total. The molecule has 3 atom stereocenters. The van der Waals surface area contributed by atoms with Crippen LogP contribution >= 0.6 is 22.9 Å². The Hall–Kier alpha value is -1.20. The molecular weight excluding hydrogens is 401 g/mol. The lowest BCUT2D eigenvalue weighted by Crippen LogP contribution is -2.15. The normalized spacial score (nSPS) is 24.8. The van der Waals surface area contributed by atoms with E-state index in [9.17, 15) is 5.11 Å². The monoisotopic (exact) mass is 419 g/mol. The van der Waals surface area contributed by atoms with Crippen LogP contribution in [0.25, 0.3) is 11.2 Å². The lowest BCUT2D eigenvalue weighted by atomic mass is 10.1. The molecule has 3 rings (SSSR count). The minimum Gasteiger partial charge on any atom is -0.476 e. The average molecular weight is 419 g/mol. The van der Waals surface area contributed by atoms with Crippen molar-refractivity contribution in [2.24, 2.45) is 5.92 Å². The molecule has 1 saturated heterocycles. The first kappa shape index (κ1) is 15.7. The topological polar surface area (TPSA) is 94.3 Å². The van der Waals surface area contributed by atoms with Crippen LogP contribution in [0.4, 0.5) is 5.95 Å². The summed E-state index contributed by atoms with van der Waals surface area (Å²) in [5, 5.41) is 9.30. The fourth-order valence-corrected chi connectivity index (χ4v) is 2.97. The quantitative estimate of drug-likeness (QED) is 0.565. The van der Waals surface area contributed by atoms with Crippen LogP contribution in [0.5, 0.6) is 5.88 Å². The molecule has 3 heterocycles. The van der Waals surface area contributed by atoms with E-state index < -0.39 is 0 Å². The molecule has 2 aromatic rings. The second kappa shape index (κ2) is 6.50. The van der Waals surface area contributed by atoms with E-state index in [0.29, 0.717) is 29.6 Å². The third-order valence-electron chi connectivity index (χ3n) is 3.69. The van der Waals surface area contributed by atoms with Gasteiger partial charge in [-0.15, -0.1) is 0 Å². The van der Waals surface area contributed by atoms with Gasteiger partial charge in [0.2, 0.25) is 11.8 Å². The van der Waals surface area contributed by atoms with Crippen LogP contribution < -0.4 is 8.27 Å². The van der Waals surface area contributed by atoms with Crippen LogP contribution in [0.2, 0.25) is 0 Å². The maximum Gasteiger partial charge on any atom is 0.247 e. The van der Waals surface area contributed by atoms with Crippen molar-refractivity contribution in [2.45, 2.75) is 32.6 Å². The zero-order valence-electron chi connectivity index (χ0n) is 12.4. The number of imidazole rings is 1. The predicted octanol–water partition coefficient (Wildman–Crippen LogP) is 1.90. The zero-order chi connectivity index (χ0) is 15.7. The smallest absolute Gasteiger partial charge is 0.247 e. The summed E-state index contributed by atoms with van der Waals surface area (Å²) >= 11 is 1.98. The summed E-state index contributed by atoms with van der Waals surface area (Å²) < 4.78 is 16.2. The van der Waals surface area contributed by atoms with Crippen molar-refractivity contribution in [3.05, 3.63) is 6.33 Å². The van der Waals surface area contributed by atoms with E-state index >= 15 is 0 Å². The summed E-state index contributed by atoms with van der Waals surface area (Å²) in [4.78, 5) is 13.1. The molecule has 0 radical (unpaired) electrons. The van der Waals surface area contributed by atoms with Crippen LogP contribution in [0.3, 0.4) is 0 Å². The number of aliphatic hydroxyl groups is 1. The molecule has 2 N–H and O–H groups in total. The fraction of sp³-hybridized carbons (Fsp3) is 0.615. The van der Waals surface area contributed by atoms with Gasteiger partial charge in [0.15, 0.2) is 11.2 Å². The van der Waals surface area contributed by atoms with E-state index in [0.717, 1.165) is 6.42 Å². The molecule has 0 bridgehead atoms. The molecule has 1 fully saturated rings. The number of nitrogens with zero attached hydrogens (tertiary/aromatic N) is 4. The van der Waals surface area contributed by atoms with Gasteiger partial charge in [0.05, 0.1) is 48.5 Å². The van der Waals surface area contributed by atoms with Gasteiger partial charge >= 0.3 is 0 Å². The van der Waals surface area contributed by atoms with Gasteiger partial charge in [0.1, 0.15) is 6.23 Å². The van der Waals surface area contributed by atoms with Gasteiger partial charge < -0.3 is 14.6 Å². The summed E-state index contributed by atoms with van der Waals surface area (Å²) in [6.45, 7) is 4.51. The molecule has 0 aliphatic carbocycles. The lowest BCUT2D eigenvalue weighted by Gasteiger charge is -2.17. The largest absolute Gasteiger partial charge is 0.476 e. The van der Waals surface area contributed by atoms with Crippen molar-refractivity contribution in [3.63, 3.8) is 0 Å². The van der Waals surface area contributed by atoms with E-state index in [1.54, 1.807) is 6.33 Å². The third kappa shape index (κ3) is 2.72.